The number of nitriles is 1. The van der Waals surface area contributed by atoms with Crippen LogP contribution in [0.25, 0.3) is 0 Å². The summed E-state index contributed by atoms with van der Waals surface area (Å²) in [5, 5.41) is 8.68. The van der Waals surface area contributed by atoms with Gasteiger partial charge < -0.3 is 5.73 Å². The predicted octanol–water partition coefficient (Wildman–Crippen LogP) is 2.28. The molecule has 0 fully saturated rings. The van der Waals surface area contributed by atoms with Crippen molar-refractivity contribution in [3.05, 3.63) is 23.5 Å². The molecule has 1 aromatic carbocycles. The smallest absolute Gasteiger partial charge is 0.243 e. The van der Waals surface area contributed by atoms with E-state index in [1.165, 1.54) is 17.3 Å². The van der Waals surface area contributed by atoms with Gasteiger partial charge in [0.05, 0.1) is 11.0 Å². The second kappa shape index (κ2) is 6.87. The zero-order valence-corrected chi connectivity index (χ0v) is 13.2. The first-order valence-electron chi connectivity index (χ1n) is 6.62. The SMILES string of the molecule is Cc1c(F)cc(N)cc1S(=O)(=O)N(CCC#N)CC(C)C. The third-order valence-corrected chi connectivity index (χ3v) is 4.97. The Morgan fingerprint density at radius 2 is 2.05 bits per heavy atom. The molecule has 0 radical (unpaired) electrons. The number of halogens is 1. The van der Waals surface area contributed by atoms with E-state index in [2.05, 4.69) is 0 Å². The van der Waals surface area contributed by atoms with Crippen molar-refractivity contribution in [3.8, 4) is 6.07 Å². The Morgan fingerprint density at radius 1 is 1.43 bits per heavy atom. The lowest BCUT2D eigenvalue weighted by Crippen LogP contribution is -2.35. The minimum atomic E-state index is -3.88. The van der Waals surface area contributed by atoms with Crippen LogP contribution in [0.5, 0.6) is 0 Å². The molecule has 0 atom stereocenters. The lowest BCUT2D eigenvalue weighted by molar-refractivity contribution is 0.372. The first kappa shape index (κ1) is 17.4. The van der Waals surface area contributed by atoms with Crippen LogP contribution in [-0.2, 0) is 10.0 Å². The second-order valence-electron chi connectivity index (χ2n) is 5.29. The first-order valence-corrected chi connectivity index (χ1v) is 8.07. The summed E-state index contributed by atoms with van der Waals surface area (Å²) in [5.74, 6) is -0.567. The zero-order chi connectivity index (χ0) is 16.2. The van der Waals surface area contributed by atoms with Crippen molar-refractivity contribution >= 4 is 15.7 Å². The van der Waals surface area contributed by atoms with E-state index in [4.69, 9.17) is 11.0 Å². The summed E-state index contributed by atoms with van der Waals surface area (Å²) in [5.41, 5.74) is 5.65. The molecule has 0 spiro atoms. The molecule has 5 nitrogen and oxygen atoms in total. The van der Waals surface area contributed by atoms with E-state index in [-0.39, 0.29) is 41.6 Å². The highest BCUT2D eigenvalue weighted by molar-refractivity contribution is 7.89. The minimum absolute atomic E-state index is 0.0370. The van der Waals surface area contributed by atoms with Gasteiger partial charge in [0.2, 0.25) is 10.0 Å². The van der Waals surface area contributed by atoms with Crippen molar-refractivity contribution in [2.45, 2.75) is 32.1 Å². The van der Waals surface area contributed by atoms with Gasteiger partial charge in [0.15, 0.2) is 0 Å². The molecule has 1 aromatic rings. The molecule has 0 aromatic heterocycles. The first-order chi connectivity index (χ1) is 9.70. The molecular formula is C14H20FN3O2S. The van der Waals surface area contributed by atoms with Crippen molar-refractivity contribution in [3.63, 3.8) is 0 Å². The molecule has 0 heterocycles. The fourth-order valence-corrected chi connectivity index (χ4v) is 3.85. The highest BCUT2D eigenvalue weighted by Crippen LogP contribution is 2.25. The maximum atomic E-state index is 13.7. The number of nitrogens with two attached hydrogens (primary N) is 1. The summed E-state index contributed by atoms with van der Waals surface area (Å²) >= 11 is 0. The molecule has 7 heteroatoms. The standard InChI is InChI=1S/C14H20FN3O2S/c1-10(2)9-18(6-4-5-16)21(19,20)14-8-12(17)7-13(15)11(14)3/h7-8,10H,4,6,9,17H2,1-3H3. The van der Waals surface area contributed by atoms with Crippen LogP contribution in [0.1, 0.15) is 25.8 Å². The Morgan fingerprint density at radius 3 is 2.57 bits per heavy atom. The van der Waals surface area contributed by atoms with E-state index < -0.39 is 15.8 Å². The van der Waals surface area contributed by atoms with Gasteiger partial charge in [-0.2, -0.15) is 9.57 Å². The van der Waals surface area contributed by atoms with E-state index >= 15 is 0 Å². The van der Waals surface area contributed by atoms with Crippen LogP contribution in [0.2, 0.25) is 0 Å². The highest BCUT2D eigenvalue weighted by Gasteiger charge is 2.27. The Bertz CT molecular complexity index is 651. The molecule has 0 aliphatic rings. The molecule has 0 unspecified atom stereocenters. The largest absolute Gasteiger partial charge is 0.399 e. The highest BCUT2D eigenvalue weighted by atomic mass is 32.2. The summed E-state index contributed by atoms with van der Waals surface area (Å²) in [6.07, 6.45) is 0.0792. The van der Waals surface area contributed by atoms with Crippen molar-refractivity contribution in [1.29, 1.82) is 5.26 Å². The minimum Gasteiger partial charge on any atom is -0.399 e. The maximum Gasteiger partial charge on any atom is 0.243 e. The molecule has 1 rings (SSSR count). The van der Waals surface area contributed by atoms with Crippen molar-refractivity contribution in [2.24, 2.45) is 5.92 Å². The lowest BCUT2D eigenvalue weighted by Gasteiger charge is -2.24. The monoisotopic (exact) mass is 313 g/mol. The lowest BCUT2D eigenvalue weighted by atomic mass is 10.2. The van der Waals surface area contributed by atoms with Gasteiger partial charge in [0.1, 0.15) is 5.82 Å². The van der Waals surface area contributed by atoms with Gasteiger partial charge in [0, 0.05) is 30.8 Å². The summed E-state index contributed by atoms with van der Waals surface area (Å²) < 4.78 is 40.3. The van der Waals surface area contributed by atoms with Crippen LogP contribution in [0.15, 0.2) is 17.0 Å². The predicted molar refractivity (Wildman–Crippen MR) is 79.4 cm³/mol. The van der Waals surface area contributed by atoms with Gasteiger partial charge in [-0.25, -0.2) is 12.8 Å². The number of benzene rings is 1. The van der Waals surface area contributed by atoms with E-state index in [1.54, 1.807) is 0 Å². The van der Waals surface area contributed by atoms with Crippen molar-refractivity contribution in [1.82, 2.24) is 4.31 Å². The van der Waals surface area contributed by atoms with Crippen LogP contribution in [0.4, 0.5) is 10.1 Å². The van der Waals surface area contributed by atoms with E-state index in [0.29, 0.717) is 0 Å². The zero-order valence-electron chi connectivity index (χ0n) is 12.4. The quantitative estimate of drug-likeness (QED) is 0.816. The number of rotatable bonds is 6. The van der Waals surface area contributed by atoms with Gasteiger partial charge in [-0.15, -0.1) is 0 Å². The van der Waals surface area contributed by atoms with Crippen molar-refractivity contribution < 1.29 is 12.8 Å². The summed E-state index contributed by atoms with van der Waals surface area (Å²) in [6.45, 7) is 5.50. The molecule has 21 heavy (non-hydrogen) atoms. The van der Waals surface area contributed by atoms with Crippen LogP contribution < -0.4 is 5.73 Å². The summed E-state index contributed by atoms with van der Waals surface area (Å²) in [6, 6.07) is 4.28. The maximum absolute atomic E-state index is 13.7. The molecular weight excluding hydrogens is 293 g/mol. The molecule has 2 N–H and O–H groups in total. The molecule has 0 saturated carbocycles. The average Bonchev–Trinajstić information content (AvgIpc) is 2.38. The molecule has 0 saturated heterocycles. The normalized spacial score (nSPS) is 11.9. The molecule has 0 amide bonds. The van der Waals surface area contributed by atoms with Crippen LogP contribution in [0, 0.1) is 30.0 Å². The Balaban J connectivity index is 3.32. The average molecular weight is 313 g/mol. The second-order valence-corrected chi connectivity index (χ2v) is 7.20. The number of hydrogen-bond acceptors (Lipinski definition) is 4. The Labute approximate surface area is 125 Å². The van der Waals surface area contributed by atoms with E-state index in [0.717, 1.165) is 6.07 Å². The summed E-state index contributed by atoms with van der Waals surface area (Å²) in [7, 11) is -3.88. The number of nitrogens with zero attached hydrogens (tertiary/aromatic N) is 2. The number of hydrogen-bond donors (Lipinski definition) is 1. The third-order valence-electron chi connectivity index (χ3n) is 2.98. The van der Waals surface area contributed by atoms with Crippen LogP contribution >= 0.6 is 0 Å². The van der Waals surface area contributed by atoms with Gasteiger partial charge in [-0.1, -0.05) is 13.8 Å². The van der Waals surface area contributed by atoms with E-state index in [9.17, 15) is 12.8 Å². The van der Waals surface area contributed by atoms with Crippen LogP contribution in [-0.4, -0.2) is 25.8 Å². The molecule has 116 valence electrons. The van der Waals surface area contributed by atoms with Gasteiger partial charge >= 0.3 is 0 Å². The van der Waals surface area contributed by atoms with Crippen molar-refractivity contribution in [2.75, 3.05) is 18.8 Å². The van der Waals surface area contributed by atoms with Gasteiger partial charge in [-0.3, -0.25) is 0 Å². The van der Waals surface area contributed by atoms with E-state index in [1.807, 2.05) is 19.9 Å². The summed E-state index contributed by atoms with van der Waals surface area (Å²) in [4.78, 5) is -0.140. The molecule has 0 aliphatic carbocycles. The molecule has 0 bridgehead atoms. The fraction of sp³-hybridized carbons (Fsp3) is 0.500. The van der Waals surface area contributed by atoms with Crippen LogP contribution in [0.3, 0.4) is 0 Å². The number of sulfonamides is 1. The third kappa shape index (κ3) is 4.16. The van der Waals surface area contributed by atoms with Gasteiger partial charge in [-0.05, 0) is 25.0 Å². The fourth-order valence-electron chi connectivity index (χ4n) is 1.97. The Kier molecular flexibility index (Phi) is 5.70. The Hall–Kier alpha value is -1.65. The molecule has 0 aliphatic heterocycles. The number of nitrogen functional groups attached to an aromatic ring is 1. The number of anilines is 1. The topological polar surface area (TPSA) is 87.2 Å². The van der Waals surface area contributed by atoms with Gasteiger partial charge in [0.25, 0.3) is 0 Å².